The van der Waals surface area contributed by atoms with Crippen molar-refractivity contribution in [3.63, 3.8) is 0 Å². The molecule has 0 bridgehead atoms. The maximum absolute atomic E-state index is 6.35. The van der Waals surface area contributed by atoms with Gasteiger partial charge in [0.25, 0.3) is 0 Å². The van der Waals surface area contributed by atoms with E-state index >= 15 is 0 Å². The molecule has 0 aliphatic heterocycles. The van der Waals surface area contributed by atoms with Crippen LogP contribution < -0.4 is 10.5 Å². The Kier molecular flexibility index (Phi) is 3.28. The summed E-state index contributed by atoms with van der Waals surface area (Å²) in [4.78, 5) is 2.38. The van der Waals surface area contributed by atoms with Gasteiger partial charge < -0.3 is 14.9 Å². The molecule has 104 valence electrons. The van der Waals surface area contributed by atoms with Crippen molar-refractivity contribution in [1.82, 2.24) is 0 Å². The first-order valence-corrected chi connectivity index (χ1v) is 7.30. The van der Waals surface area contributed by atoms with E-state index in [4.69, 9.17) is 14.9 Å². The standard InChI is InChI=1S/C16H17NO2S/c1-9-4-7-14(20-9)15(17)16-10(2)12-8-11(18-3)5-6-13(12)19-16/h4-8,15H,17H2,1-3H3. The van der Waals surface area contributed by atoms with Crippen molar-refractivity contribution >= 4 is 22.3 Å². The monoisotopic (exact) mass is 287 g/mol. The Bertz CT molecular complexity index is 757. The van der Waals surface area contributed by atoms with Crippen molar-refractivity contribution in [1.29, 1.82) is 0 Å². The summed E-state index contributed by atoms with van der Waals surface area (Å²) < 4.78 is 11.2. The molecule has 2 N–H and O–H groups in total. The molecule has 0 amide bonds. The molecule has 0 saturated carbocycles. The molecule has 0 radical (unpaired) electrons. The number of rotatable bonds is 3. The zero-order chi connectivity index (χ0) is 14.3. The van der Waals surface area contributed by atoms with Gasteiger partial charge in [0, 0.05) is 20.7 Å². The van der Waals surface area contributed by atoms with E-state index in [2.05, 4.69) is 19.1 Å². The highest BCUT2D eigenvalue weighted by molar-refractivity contribution is 7.12. The lowest BCUT2D eigenvalue weighted by Crippen LogP contribution is -2.10. The van der Waals surface area contributed by atoms with Crippen LogP contribution >= 0.6 is 11.3 Å². The Balaban J connectivity index is 2.09. The summed E-state index contributed by atoms with van der Waals surface area (Å²) in [6.07, 6.45) is 0. The fraction of sp³-hybridized carbons (Fsp3) is 0.250. The molecular formula is C16H17NO2S. The first kappa shape index (κ1) is 13.2. The van der Waals surface area contributed by atoms with Gasteiger partial charge in [0.1, 0.15) is 17.1 Å². The molecule has 2 aromatic heterocycles. The molecule has 3 nitrogen and oxygen atoms in total. The fourth-order valence-electron chi connectivity index (χ4n) is 2.39. The summed E-state index contributed by atoms with van der Waals surface area (Å²) in [5.41, 5.74) is 8.28. The van der Waals surface area contributed by atoms with E-state index in [1.165, 1.54) is 4.88 Å². The second-order valence-electron chi connectivity index (χ2n) is 4.88. The molecule has 0 fully saturated rings. The molecule has 3 aromatic rings. The molecule has 1 aromatic carbocycles. The van der Waals surface area contributed by atoms with E-state index in [9.17, 15) is 0 Å². The average Bonchev–Trinajstić information content (AvgIpc) is 3.02. The molecule has 3 rings (SSSR count). The number of ether oxygens (including phenoxy) is 1. The maximum atomic E-state index is 6.35. The number of thiophene rings is 1. The molecule has 0 spiro atoms. The van der Waals surface area contributed by atoms with Gasteiger partial charge in [-0.3, -0.25) is 0 Å². The zero-order valence-electron chi connectivity index (χ0n) is 11.8. The van der Waals surface area contributed by atoms with Crippen LogP contribution in [0.2, 0.25) is 0 Å². The normalized spacial score (nSPS) is 12.8. The topological polar surface area (TPSA) is 48.4 Å². The Morgan fingerprint density at radius 2 is 2.00 bits per heavy atom. The van der Waals surface area contributed by atoms with Gasteiger partial charge in [-0.1, -0.05) is 0 Å². The van der Waals surface area contributed by atoms with Crippen LogP contribution in [0.15, 0.2) is 34.7 Å². The van der Waals surface area contributed by atoms with Gasteiger partial charge in [-0.25, -0.2) is 0 Å². The summed E-state index contributed by atoms with van der Waals surface area (Å²) in [6, 6.07) is 9.75. The van der Waals surface area contributed by atoms with Crippen LogP contribution in [0.1, 0.15) is 27.1 Å². The minimum Gasteiger partial charge on any atom is -0.497 e. The van der Waals surface area contributed by atoms with Crippen molar-refractivity contribution in [2.45, 2.75) is 19.9 Å². The third-order valence-corrected chi connectivity index (χ3v) is 4.61. The second-order valence-corrected chi connectivity index (χ2v) is 6.20. The van der Waals surface area contributed by atoms with Crippen LogP contribution in [0.4, 0.5) is 0 Å². The van der Waals surface area contributed by atoms with Gasteiger partial charge in [-0.15, -0.1) is 11.3 Å². The van der Waals surface area contributed by atoms with Crippen molar-refractivity contribution in [2.24, 2.45) is 5.73 Å². The number of furan rings is 1. The van der Waals surface area contributed by atoms with E-state index in [0.717, 1.165) is 32.9 Å². The van der Waals surface area contributed by atoms with E-state index in [1.54, 1.807) is 18.4 Å². The maximum Gasteiger partial charge on any atom is 0.134 e. The highest BCUT2D eigenvalue weighted by Crippen LogP contribution is 2.35. The zero-order valence-corrected chi connectivity index (χ0v) is 12.6. The van der Waals surface area contributed by atoms with E-state index in [0.29, 0.717) is 0 Å². The Labute approximate surface area is 122 Å². The number of hydrogen-bond donors (Lipinski definition) is 1. The lowest BCUT2D eigenvalue weighted by Gasteiger charge is -2.07. The predicted octanol–water partition coefficient (Wildman–Crippen LogP) is 4.17. The largest absolute Gasteiger partial charge is 0.497 e. The Morgan fingerprint density at radius 1 is 1.20 bits per heavy atom. The third-order valence-electron chi connectivity index (χ3n) is 3.53. The van der Waals surface area contributed by atoms with Gasteiger partial charge in [0.05, 0.1) is 13.2 Å². The molecular weight excluding hydrogens is 270 g/mol. The predicted molar refractivity (Wildman–Crippen MR) is 82.6 cm³/mol. The number of methoxy groups -OCH3 is 1. The lowest BCUT2D eigenvalue weighted by molar-refractivity contribution is 0.415. The number of fused-ring (bicyclic) bond motifs is 1. The van der Waals surface area contributed by atoms with Crippen LogP contribution in [0.3, 0.4) is 0 Å². The van der Waals surface area contributed by atoms with Crippen LogP contribution in [0.25, 0.3) is 11.0 Å². The van der Waals surface area contributed by atoms with Gasteiger partial charge in [0.2, 0.25) is 0 Å². The molecule has 4 heteroatoms. The first-order chi connectivity index (χ1) is 9.60. The molecule has 0 saturated heterocycles. The SMILES string of the molecule is COc1ccc2oc(C(N)c3ccc(C)s3)c(C)c2c1. The number of nitrogens with two attached hydrogens (primary N) is 1. The van der Waals surface area contributed by atoms with Gasteiger partial charge in [-0.2, -0.15) is 0 Å². The highest BCUT2D eigenvalue weighted by Gasteiger charge is 2.20. The molecule has 2 heterocycles. The minimum atomic E-state index is -0.216. The smallest absolute Gasteiger partial charge is 0.134 e. The summed E-state index contributed by atoms with van der Waals surface area (Å²) in [5.74, 6) is 1.66. The van der Waals surface area contributed by atoms with Gasteiger partial charge in [-0.05, 0) is 44.2 Å². The van der Waals surface area contributed by atoms with Crippen LogP contribution in [-0.4, -0.2) is 7.11 Å². The van der Waals surface area contributed by atoms with Crippen LogP contribution in [-0.2, 0) is 0 Å². The summed E-state index contributed by atoms with van der Waals surface area (Å²) >= 11 is 1.71. The fourth-order valence-corrected chi connectivity index (χ4v) is 3.27. The molecule has 20 heavy (non-hydrogen) atoms. The van der Waals surface area contributed by atoms with E-state index < -0.39 is 0 Å². The van der Waals surface area contributed by atoms with Crippen molar-refractivity contribution in [3.8, 4) is 5.75 Å². The van der Waals surface area contributed by atoms with E-state index in [-0.39, 0.29) is 6.04 Å². The number of hydrogen-bond acceptors (Lipinski definition) is 4. The van der Waals surface area contributed by atoms with Crippen molar-refractivity contribution in [2.75, 3.05) is 7.11 Å². The van der Waals surface area contributed by atoms with Gasteiger partial charge >= 0.3 is 0 Å². The Morgan fingerprint density at radius 3 is 2.65 bits per heavy atom. The summed E-state index contributed by atoms with van der Waals surface area (Å²) in [7, 11) is 1.66. The van der Waals surface area contributed by atoms with E-state index in [1.807, 2.05) is 25.1 Å². The molecule has 1 unspecified atom stereocenters. The quantitative estimate of drug-likeness (QED) is 0.786. The number of benzene rings is 1. The van der Waals surface area contributed by atoms with Crippen LogP contribution in [0, 0.1) is 13.8 Å². The highest BCUT2D eigenvalue weighted by atomic mass is 32.1. The first-order valence-electron chi connectivity index (χ1n) is 6.49. The van der Waals surface area contributed by atoms with Gasteiger partial charge in [0.15, 0.2) is 0 Å². The minimum absolute atomic E-state index is 0.216. The Hall–Kier alpha value is -1.78. The molecule has 0 aliphatic carbocycles. The second kappa shape index (κ2) is 4.96. The average molecular weight is 287 g/mol. The third kappa shape index (κ3) is 2.11. The van der Waals surface area contributed by atoms with Crippen molar-refractivity contribution in [3.05, 3.63) is 51.4 Å². The summed E-state index contributed by atoms with van der Waals surface area (Å²) in [6.45, 7) is 4.12. The lowest BCUT2D eigenvalue weighted by atomic mass is 10.1. The molecule has 0 aliphatic rings. The van der Waals surface area contributed by atoms with Crippen LogP contribution in [0.5, 0.6) is 5.75 Å². The summed E-state index contributed by atoms with van der Waals surface area (Å²) in [5, 5.41) is 1.06. The van der Waals surface area contributed by atoms with Crippen molar-refractivity contribution < 1.29 is 9.15 Å². The molecule has 1 atom stereocenters. The number of aryl methyl sites for hydroxylation is 2.